The van der Waals surface area contributed by atoms with Crippen LogP contribution in [0.5, 0.6) is 0 Å². The van der Waals surface area contributed by atoms with E-state index in [1.807, 2.05) is 26.0 Å². The average Bonchev–Trinajstić information content (AvgIpc) is 2.06. The normalized spacial score (nSPS) is 9.42. The lowest BCUT2D eigenvalue weighted by Crippen LogP contribution is -1.98. The van der Waals surface area contributed by atoms with Crippen molar-refractivity contribution in [1.82, 2.24) is 0 Å². The summed E-state index contributed by atoms with van der Waals surface area (Å²) in [5, 5.41) is 8.55. The van der Waals surface area contributed by atoms with Gasteiger partial charge in [0.05, 0.1) is 12.5 Å². The van der Waals surface area contributed by atoms with E-state index in [2.05, 4.69) is 6.07 Å². The number of nitriles is 1. The summed E-state index contributed by atoms with van der Waals surface area (Å²) in [4.78, 5) is 0. The van der Waals surface area contributed by atoms with Gasteiger partial charge in [-0.15, -0.1) is 0 Å². The monoisotopic (exact) mass is 160 g/mol. The first-order valence-electron chi connectivity index (χ1n) is 3.88. The summed E-state index contributed by atoms with van der Waals surface area (Å²) in [6, 6.07) is 5.95. The van der Waals surface area contributed by atoms with Crippen LogP contribution in [0, 0.1) is 25.2 Å². The van der Waals surface area contributed by atoms with Crippen molar-refractivity contribution in [1.29, 1.82) is 5.26 Å². The maximum atomic E-state index is 8.55. The molecule has 0 fully saturated rings. The molecule has 0 unspecified atom stereocenters. The Kier molecular flexibility index (Phi) is 2.35. The zero-order chi connectivity index (χ0) is 9.14. The maximum Gasteiger partial charge on any atom is 0.0670 e. The minimum Gasteiger partial charge on any atom is -0.398 e. The molecule has 0 atom stereocenters. The quantitative estimate of drug-likeness (QED) is 0.638. The molecule has 0 aliphatic carbocycles. The van der Waals surface area contributed by atoms with E-state index in [9.17, 15) is 0 Å². The van der Waals surface area contributed by atoms with Gasteiger partial charge in [0.1, 0.15) is 0 Å². The summed E-state index contributed by atoms with van der Waals surface area (Å²) in [6.45, 7) is 4.02. The summed E-state index contributed by atoms with van der Waals surface area (Å²) >= 11 is 0. The lowest BCUT2D eigenvalue weighted by molar-refractivity contribution is 1.19. The zero-order valence-corrected chi connectivity index (χ0v) is 7.39. The molecule has 2 N–H and O–H groups in total. The Bertz CT molecular complexity index is 334. The van der Waals surface area contributed by atoms with Gasteiger partial charge in [0.25, 0.3) is 0 Å². The second-order valence-corrected chi connectivity index (χ2v) is 2.91. The van der Waals surface area contributed by atoms with E-state index in [0.717, 1.165) is 16.8 Å². The summed E-state index contributed by atoms with van der Waals surface area (Å²) in [7, 11) is 0. The van der Waals surface area contributed by atoms with Crippen molar-refractivity contribution in [3.05, 3.63) is 28.8 Å². The summed E-state index contributed by atoms with van der Waals surface area (Å²) in [5.41, 5.74) is 9.74. The van der Waals surface area contributed by atoms with Crippen LogP contribution in [0.15, 0.2) is 12.1 Å². The lowest BCUT2D eigenvalue weighted by atomic mass is 10.00. The van der Waals surface area contributed by atoms with Crippen molar-refractivity contribution in [2.45, 2.75) is 20.3 Å². The molecule has 0 aromatic heterocycles. The number of aryl methyl sites for hydroxylation is 1. The highest BCUT2D eigenvalue weighted by atomic mass is 14.6. The maximum absolute atomic E-state index is 8.55. The number of nitrogens with two attached hydrogens (primary N) is 1. The van der Waals surface area contributed by atoms with E-state index >= 15 is 0 Å². The van der Waals surface area contributed by atoms with Gasteiger partial charge in [0.15, 0.2) is 0 Å². The van der Waals surface area contributed by atoms with Crippen LogP contribution < -0.4 is 5.73 Å². The molecular weight excluding hydrogens is 148 g/mol. The number of nitrogen functional groups attached to an aromatic ring is 1. The third-order valence-corrected chi connectivity index (χ3v) is 2.16. The minimum atomic E-state index is 0.402. The van der Waals surface area contributed by atoms with Crippen LogP contribution in [0.3, 0.4) is 0 Å². The van der Waals surface area contributed by atoms with Crippen LogP contribution in [0.2, 0.25) is 0 Å². The van der Waals surface area contributed by atoms with Crippen molar-refractivity contribution in [3.8, 4) is 6.07 Å². The number of benzene rings is 1. The minimum absolute atomic E-state index is 0.402. The highest BCUT2D eigenvalue weighted by Crippen LogP contribution is 2.19. The van der Waals surface area contributed by atoms with E-state index in [4.69, 9.17) is 11.0 Å². The molecule has 2 nitrogen and oxygen atoms in total. The highest BCUT2D eigenvalue weighted by molar-refractivity contribution is 5.54. The standard InChI is InChI=1S/C10H12N2/c1-7-3-4-10(12)9(5-6-11)8(7)2/h3-4H,5,12H2,1-2H3. The second-order valence-electron chi connectivity index (χ2n) is 2.91. The Balaban J connectivity index is 3.25. The Morgan fingerprint density at radius 1 is 1.42 bits per heavy atom. The predicted molar refractivity (Wildman–Crippen MR) is 49.6 cm³/mol. The fourth-order valence-electron chi connectivity index (χ4n) is 1.21. The highest BCUT2D eigenvalue weighted by Gasteiger charge is 2.03. The van der Waals surface area contributed by atoms with Crippen molar-refractivity contribution in [2.75, 3.05) is 5.73 Å². The van der Waals surface area contributed by atoms with Gasteiger partial charge >= 0.3 is 0 Å². The van der Waals surface area contributed by atoms with E-state index in [1.54, 1.807) is 0 Å². The molecule has 0 heterocycles. The fraction of sp³-hybridized carbons (Fsp3) is 0.300. The van der Waals surface area contributed by atoms with Gasteiger partial charge in [-0.25, -0.2) is 0 Å². The van der Waals surface area contributed by atoms with Crippen LogP contribution in [0.1, 0.15) is 16.7 Å². The summed E-state index contributed by atoms with van der Waals surface area (Å²) in [5.74, 6) is 0. The molecule has 62 valence electrons. The SMILES string of the molecule is Cc1ccc(N)c(CC#N)c1C. The van der Waals surface area contributed by atoms with Crippen LogP contribution in [0.4, 0.5) is 5.69 Å². The van der Waals surface area contributed by atoms with E-state index in [1.165, 1.54) is 5.56 Å². The molecule has 2 heteroatoms. The topological polar surface area (TPSA) is 49.8 Å². The predicted octanol–water partition coefficient (Wildman–Crippen LogP) is 1.95. The van der Waals surface area contributed by atoms with Gasteiger partial charge in [-0.3, -0.25) is 0 Å². The van der Waals surface area contributed by atoms with E-state index in [0.29, 0.717) is 6.42 Å². The largest absolute Gasteiger partial charge is 0.398 e. The third-order valence-electron chi connectivity index (χ3n) is 2.16. The first-order chi connectivity index (χ1) is 5.66. The van der Waals surface area contributed by atoms with Crippen LogP contribution in [-0.4, -0.2) is 0 Å². The Morgan fingerprint density at radius 3 is 2.67 bits per heavy atom. The molecule has 0 saturated carbocycles. The molecule has 0 aliphatic rings. The molecule has 1 rings (SSSR count). The summed E-state index contributed by atoms with van der Waals surface area (Å²) < 4.78 is 0. The summed E-state index contributed by atoms with van der Waals surface area (Å²) in [6.07, 6.45) is 0.402. The molecule has 1 aromatic carbocycles. The Hall–Kier alpha value is -1.49. The van der Waals surface area contributed by atoms with Crippen LogP contribution >= 0.6 is 0 Å². The van der Waals surface area contributed by atoms with Crippen LogP contribution in [0.25, 0.3) is 0 Å². The number of hydrogen-bond acceptors (Lipinski definition) is 2. The van der Waals surface area contributed by atoms with Gasteiger partial charge in [-0.2, -0.15) is 5.26 Å². The van der Waals surface area contributed by atoms with Crippen molar-refractivity contribution < 1.29 is 0 Å². The molecule has 0 saturated heterocycles. The molecule has 12 heavy (non-hydrogen) atoms. The van der Waals surface area contributed by atoms with Gasteiger partial charge in [-0.1, -0.05) is 6.07 Å². The lowest BCUT2D eigenvalue weighted by Gasteiger charge is -2.08. The Labute approximate surface area is 72.6 Å². The zero-order valence-electron chi connectivity index (χ0n) is 7.39. The average molecular weight is 160 g/mol. The van der Waals surface area contributed by atoms with Gasteiger partial charge in [-0.05, 0) is 36.6 Å². The van der Waals surface area contributed by atoms with Crippen molar-refractivity contribution in [3.63, 3.8) is 0 Å². The number of hydrogen-bond donors (Lipinski definition) is 1. The fourth-order valence-corrected chi connectivity index (χ4v) is 1.21. The molecule has 0 spiro atoms. The number of rotatable bonds is 1. The molecule has 0 amide bonds. The number of nitrogens with zero attached hydrogens (tertiary/aromatic N) is 1. The van der Waals surface area contributed by atoms with Gasteiger partial charge in [0, 0.05) is 5.69 Å². The van der Waals surface area contributed by atoms with E-state index in [-0.39, 0.29) is 0 Å². The first kappa shape index (κ1) is 8.61. The molecule has 0 radical (unpaired) electrons. The third kappa shape index (κ3) is 1.40. The number of anilines is 1. The van der Waals surface area contributed by atoms with Crippen molar-refractivity contribution in [2.24, 2.45) is 0 Å². The van der Waals surface area contributed by atoms with Crippen LogP contribution in [-0.2, 0) is 6.42 Å². The van der Waals surface area contributed by atoms with Gasteiger partial charge < -0.3 is 5.73 Å². The van der Waals surface area contributed by atoms with Crippen molar-refractivity contribution >= 4 is 5.69 Å². The Morgan fingerprint density at radius 2 is 2.08 bits per heavy atom. The smallest absolute Gasteiger partial charge is 0.0670 e. The molecule has 0 bridgehead atoms. The molecule has 1 aromatic rings. The molecular formula is C10H12N2. The first-order valence-corrected chi connectivity index (χ1v) is 3.88. The molecule has 0 aliphatic heterocycles. The van der Waals surface area contributed by atoms with Gasteiger partial charge in [0.2, 0.25) is 0 Å². The van der Waals surface area contributed by atoms with E-state index < -0.39 is 0 Å². The second kappa shape index (κ2) is 3.27.